The van der Waals surface area contributed by atoms with Gasteiger partial charge in [0.25, 0.3) is 10.0 Å². The highest BCUT2D eigenvalue weighted by atomic mass is 35.5. The average Bonchev–Trinajstić information content (AvgIpc) is 3.09. The highest BCUT2D eigenvalue weighted by Gasteiger charge is 2.35. The number of carbonyl (C=O) groups excluding carboxylic acids is 2. The van der Waals surface area contributed by atoms with Gasteiger partial charge in [0, 0.05) is 30.1 Å². The molecule has 47 heavy (non-hydrogen) atoms. The van der Waals surface area contributed by atoms with Crippen LogP contribution in [0.1, 0.15) is 31.4 Å². The predicted molar refractivity (Wildman–Crippen MR) is 182 cm³/mol. The molecule has 0 saturated carbocycles. The number of benzene rings is 4. The predicted octanol–water partition coefficient (Wildman–Crippen LogP) is 5.86. The fourth-order valence-electron chi connectivity index (χ4n) is 5.22. The van der Waals surface area contributed by atoms with Gasteiger partial charge in [-0.25, -0.2) is 8.42 Å². The summed E-state index contributed by atoms with van der Waals surface area (Å²) >= 11 is 6.16. The minimum Gasteiger partial charge on any atom is -0.486 e. The van der Waals surface area contributed by atoms with Gasteiger partial charge in [-0.2, -0.15) is 0 Å². The van der Waals surface area contributed by atoms with Gasteiger partial charge in [-0.05, 0) is 60.9 Å². The zero-order valence-electron chi connectivity index (χ0n) is 26.3. The Morgan fingerprint density at radius 3 is 2.15 bits per heavy atom. The van der Waals surface area contributed by atoms with Crippen molar-refractivity contribution in [1.29, 1.82) is 0 Å². The van der Waals surface area contributed by atoms with Crippen LogP contribution in [-0.4, -0.2) is 57.0 Å². The monoisotopic (exact) mass is 675 g/mol. The first-order valence-corrected chi connectivity index (χ1v) is 17.3. The van der Waals surface area contributed by atoms with E-state index in [1.807, 2.05) is 44.2 Å². The van der Waals surface area contributed by atoms with E-state index in [1.165, 1.54) is 17.0 Å². The number of nitrogens with one attached hydrogen (secondary N) is 1. The molecular weight excluding hydrogens is 638 g/mol. The van der Waals surface area contributed by atoms with E-state index in [4.69, 9.17) is 21.1 Å². The second kappa shape index (κ2) is 15.4. The van der Waals surface area contributed by atoms with Gasteiger partial charge in [-0.1, -0.05) is 79.2 Å². The molecule has 1 N–H and O–H groups in total. The lowest BCUT2D eigenvalue weighted by atomic mass is 10.0. The van der Waals surface area contributed by atoms with Gasteiger partial charge >= 0.3 is 0 Å². The maximum Gasteiger partial charge on any atom is 0.264 e. The third kappa shape index (κ3) is 8.44. The molecule has 2 amide bonds. The van der Waals surface area contributed by atoms with E-state index in [9.17, 15) is 18.0 Å². The molecule has 4 aromatic rings. The van der Waals surface area contributed by atoms with Crippen LogP contribution in [0.2, 0.25) is 5.02 Å². The van der Waals surface area contributed by atoms with Crippen LogP contribution in [0.3, 0.4) is 0 Å². The standard InChI is InChI=1S/C36H38ClN3O6S/c1-3-26(2)38-36(42)32(22-27-10-6-4-7-11-27)39(24-28-14-16-29(37)17-15-28)35(41)25-40(47(43,44)31-12-8-5-9-13-31)30-18-19-33-34(23-30)46-21-20-45-33/h4-19,23,26,32H,3,20-22,24-25H2,1-2H3,(H,38,42)/t26-,32+/m0/s1. The molecule has 1 heterocycles. The van der Waals surface area contributed by atoms with Crippen LogP contribution in [0.5, 0.6) is 11.5 Å². The lowest BCUT2D eigenvalue weighted by molar-refractivity contribution is -0.140. The first-order valence-electron chi connectivity index (χ1n) is 15.5. The molecule has 4 aromatic carbocycles. The molecule has 0 radical (unpaired) electrons. The zero-order chi connectivity index (χ0) is 33.4. The third-order valence-corrected chi connectivity index (χ3v) is 10.0. The Balaban J connectivity index is 1.58. The van der Waals surface area contributed by atoms with Gasteiger partial charge in [0.05, 0.1) is 10.6 Å². The van der Waals surface area contributed by atoms with Gasteiger partial charge in [0.2, 0.25) is 11.8 Å². The Kier molecular flexibility index (Phi) is 11.1. The molecule has 0 aliphatic carbocycles. The Labute approximate surface area is 281 Å². The van der Waals surface area contributed by atoms with Gasteiger partial charge in [-0.3, -0.25) is 13.9 Å². The minimum atomic E-state index is -4.24. The number of hydrogen-bond acceptors (Lipinski definition) is 6. The summed E-state index contributed by atoms with van der Waals surface area (Å²) in [4.78, 5) is 30.0. The van der Waals surface area contributed by atoms with Crippen LogP contribution < -0.4 is 19.1 Å². The van der Waals surface area contributed by atoms with Gasteiger partial charge < -0.3 is 19.7 Å². The highest BCUT2D eigenvalue weighted by Crippen LogP contribution is 2.36. The third-order valence-electron chi connectivity index (χ3n) is 7.96. The van der Waals surface area contributed by atoms with Gasteiger partial charge in [-0.15, -0.1) is 0 Å². The van der Waals surface area contributed by atoms with Crippen LogP contribution >= 0.6 is 11.6 Å². The summed E-state index contributed by atoms with van der Waals surface area (Å²) in [6, 6.07) is 28.0. The second-order valence-corrected chi connectivity index (χ2v) is 13.6. The fourth-order valence-corrected chi connectivity index (χ4v) is 6.77. The maximum atomic E-state index is 14.6. The van der Waals surface area contributed by atoms with E-state index in [1.54, 1.807) is 60.7 Å². The molecule has 9 nitrogen and oxygen atoms in total. The molecule has 11 heteroatoms. The summed E-state index contributed by atoms with van der Waals surface area (Å²) in [5, 5.41) is 3.57. The van der Waals surface area contributed by atoms with E-state index < -0.39 is 28.5 Å². The van der Waals surface area contributed by atoms with Crippen molar-refractivity contribution < 1.29 is 27.5 Å². The topological polar surface area (TPSA) is 105 Å². The number of amides is 2. The lowest BCUT2D eigenvalue weighted by Crippen LogP contribution is -2.54. The highest BCUT2D eigenvalue weighted by molar-refractivity contribution is 7.92. The summed E-state index contributed by atoms with van der Waals surface area (Å²) in [5.41, 5.74) is 1.81. The summed E-state index contributed by atoms with van der Waals surface area (Å²) in [5.74, 6) is -0.0309. The fraction of sp³-hybridized carbons (Fsp3) is 0.278. The van der Waals surface area contributed by atoms with E-state index in [2.05, 4.69) is 5.32 Å². The Hall–Kier alpha value is -4.54. The SMILES string of the molecule is CC[C@H](C)NC(=O)[C@@H](Cc1ccccc1)N(Cc1ccc(Cl)cc1)C(=O)CN(c1ccc2c(c1)OCCO2)S(=O)(=O)c1ccccc1. The van der Waals surface area contributed by atoms with Crippen molar-refractivity contribution in [3.63, 3.8) is 0 Å². The first kappa shape index (κ1) is 33.8. The van der Waals surface area contributed by atoms with Crippen LogP contribution in [0, 0.1) is 0 Å². The van der Waals surface area contributed by atoms with Crippen LogP contribution in [0.25, 0.3) is 0 Å². The number of fused-ring (bicyclic) bond motifs is 1. The number of sulfonamides is 1. The number of nitrogens with zero attached hydrogens (tertiary/aromatic N) is 2. The number of rotatable bonds is 13. The van der Waals surface area contributed by atoms with Crippen LogP contribution in [0.4, 0.5) is 5.69 Å². The summed E-state index contributed by atoms with van der Waals surface area (Å²) in [7, 11) is -4.24. The molecule has 0 bridgehead atoms. The molecule has 2 atom stereocenters. The lowest BCUT2D eigenvalue weighted by Gasteiger charge is -2.34. The van der Waals surface area contributed by atoms with Gasteiger partial charge in [0.1, 0.15) is 25.8 Å². The summed E-state index contributed by atoms with van der Waals surface area (Å²) in [6.07, 6.45) is 0.917. The van der Waals surface area contributed by atoms with Crippen molar-refractivity contribution >= 4 is 39.1 Å². The molecule has 1 aliphatic rings. The van der Waals surface area contributed by atoms with Crippen LogP contribution in [0.15, 0.2) is 108 Å². The Morgan fingerprint density at radius 2 is 1.49 bits per heavy atom. The number of anilines is 1. The molecule has 246 valence electrons. The molecular formula is C36H38ClN3O6S. The van der Waals surface area contributed by atoms with E-state index in [0.29, 0.717) is 36.2 Å². The minimum absolute atomic E-state index is 0.0160. The molecule has 0 spiro atoms. The van der Waals surface area contributed by atoms with Crippen molar-refractivity contribution in [2.75, 3.05) is 24.1 Å². The van der Waals surface area contributed by atoms with E-state index >= 15 is 0 Å². The molecule has 0 unspecified atom stereocenters. The number of hydrogen-bond donors (Lipinski definition) is 1. The van der Waals surface area contributed by atoms with Crippen molar-refractivity contribution in [3.8, 4) is 11.5 Å². The van der Waals surface area contributed by atoms with Gasteiger partial charge in [0.15, 0.2) is 11.5 Å². The quantitative estimate of drug-likeness (QED) is 0.190. The number of ether oxygens (including phenoxy) is 2. The largest absolute Gasteiger partial charge is 0.486 e. The molecule has 0 saturated heterocycles. The summed E-state index contributed by atoms with van der Waals surface area (Å²) in [6.45, 7) is 4.01. The van der Waals surface area contributed by atoms with Crippen molar-refractivity contribution in [3.05, 3.63) is 119 Å². The molecule has 1 aliphatic heterocycles. The van der Waals surface area contributed by atoms with Crippen molar-refractivity contribution in [1.82, 2.24) is 10.2 Å². The molecule has 5 rings (SSSR count). The van der Waals surface area contributed by atoms with Crippen molar-refractivity contribution in [2.45, 2.75) is 50.2 Å². The van der Waals surface area contributed by atoms with E-state index in [-0.39, 0.29) is 35.5 Å². The van der Waals surface area contributed by atoms with E-state index in [0.717, 1.165) is 15.4 Å². The first-order chi connectivity index (χ1) is 22.7. The molecule has 0 fully saturated rings. The number of halogens is 1. The van der Waals surface area contributed by atoms with Crippen LogP contribution in [-0.2, 0) is 32.6 Å². The summed E-state index contributed by atoms with van der Waals surface area (Å²) < 4.78 is 40.9. The Morgan fingerprint density at radius 1 is 0.851 bits per heavy atom. The van der Waals surface area contributed by atoms with Crippen molar-refractivity contribution in [2.24, 2.45) is 0 Å². The average molecular weight is 676 g/mol. The zero-order valence-corrected chi connectivity index (χ0v) is 27.9. The second-order valence-electron chi connectivity index (χ2n) is 11.3. The smallest absolute Gasteiger partial charge is 0.264 e. The number of carbonyl (C=O) groups is 2. The molecule has 0 aromatic heterocycles. The Bertz CT molecular complexity index is 1770. The maximum absolute atomic E-state index is 14.6. The normalized spacial score (nSPS) is 13.7.